The van der Waals surface area contributed by atoms with Crippen molar-refractivity contribution in [1.29, 1.82) is 10.5 Å². The molecule has 0 aromatic heterocycles. The largest absolute Gasteiger partial charge is 0.360 e. The van der Waals surface area contributed by atoms with Crippen LogP contribution in [0.1, 0.15) is 17.9 Å². The third-order valence-electron chi connectivity index (χ3n) is 2.96. The van der Waals surface area contributed by atoms with E-state index in [4.69, 9.17) is 10.5 Å². The van der Waals surface area contributed by atoms with Crippen LogP contribution in [0, 0.1) is 22.7 Å². The summed E-state index contributed by atoms with van der Waals surface area (Å²) >= 11 is 0. The molecular weight excluding hydrogens is 240 g/mol. The molecule has 2 N–H and O–H groups in total. The Morgan fingerprint density at radius 1 is 1.42 bits per heavy atom. The number of nitriles is 2. The standard InChI is InChI=1S/C14H12N4O/c15-6-10(7-16)8-17-13-3-1-2-11(4-13)12-5-14(19)18-9-12/h1-4,8,12,17H,5,9H2,(H,18,19). The highest BCUT2D eigenvalue weighted by Gasteiger charge is 2.22. The second-order valence-electron chi connectivity index (χ2n) is 4.26. The maximum absolute atomic E-state index is 11.2. The van der Waals surface area contributed by atoms with Crippen molar-refractivity contribution in [1.82, 2.24) is 5.32 Å². The predicted octanol–water partition coefficient (Wildman–Crippen LogP) is 1.63. The molecule has 1 aliphatic rings. The van der Waals surface area contributed by atoms with Gasteiger partial charge in [0.25, 0.3) is 0 Å². The fraction of sp³-hybridized carbons (Fsp3) is 0.214. The summed E-state index contributed by atoms with van der Waals surface area (Å²) in [5.41, 5.74) is 1.87. The van der Waals surface area contributed by atoms with Crippen molar-refractivity contribution < 1.29 is 4.79 Å². The SMILES string of the molecule is N#CC(C#N)=CNc1cccc(C2CNC(=O)C2)c1. The Balaban J connectivity index is 2.12. The minimum atomic E-state index is 0.0168. The summed E-state index contributed by atoms with van der Waals surface area (Å²) in [5.74, 6) is 0.254. The van der Waals surface area contributed by atoms with Gasteiger partial charge in [-0.05, 0) is 17.7 Å². The molecule has 19 heavy (non-hydrogen) atoms. The number of nitrogens with zero attached hydrogens (tertiary/aromatic N) is 2. The fourth-order valence-corrected chi connectivity index (χ4v) is 1.97. The molecule has 5 heteroatoms. The van der Waals surface area contributed by atoms with Gasteiger partial charge in [-0.2, -0.15) is 10.5 Å². The van der Waals surface area contributed by atoms with E-state index in [1.807, 2.05) is 24.3 Å². The molecule has 1 aromatic rings. The average molecular weight is 252 g/mol. The van der Waals surface area contributed by atoms with Crippen molar-refractivity contribution in [3.63, 3.8) is 0 Å². The quantitative estimate of drug-likeness (QED) is 0.800. The zero-order chi connectivity index (χ0) is 13.7. The highest BCUT2D eigenvalue weighted by Crippen LogP contribution is 2.25. The summed E-state index contributed by atoms with van der Waals surface area (Å²) in [6, 6.07) is 11.2. The third kappa shape index (κ3) is 3.11. The first-order valence-electron chi connectivity index (χ1n) is 5.86. The number of carbonyl (C=O) groups excluding carboxylic acids is 1. The molecular formula is C14H12N4O. The first kappa shape index (κ1) is 12.7. The predicted molar refractivity (Wildman–Crippen MR) is 69.7 cm³/mol. The summed E-state index contributed by atoms with van der Waals surface area (Å²) in [4.78, 5) is 11.2. The molecule has 0 bridgehead atoms. The molecule has 0 radical (unpaired) electrons. The number of rotatable bonds is 3. The monoisotopic (exact) mass is 252 g/mol. The Hall–Kier alpha value is -2.79. The van der Waals surface area contributed by atoms with Gasteiger partial charge in [0.2, 0.25) is 5.91 Å². The van der Waals surface area contributed by atoms with E-state index in [9.17, 15) is 4.79 Å². The second kappa shape index (κ2) is 5.70. The van der Waals surface area contributed by atoms with Crippen LogP contribution in [0.15, 0.2) is 36.0 Å². The van der Waals surface area contributed by atoms with Crippen molar-refractivity contribution >= 4 is 11.6 Å². The molecule has 0 saturated carbocycles. The van der Waals surface area contributed by atoms with E-state index < -0.39 is 0 Å². The average Bonchev–Trinajstić information content (AvgIpc) is 2.87. The molecule has 5 nitrogen and oxygen atoms in total. The van der Waals surface area contributed by atoms with Gasteiger partial charge in [0, 0.05) is 30.8 Å². The number of nitrogens with one attached hydrogen (secondary N) is 2. The topological polar surface area (TPSA) is 88.7 Å². The molecule has 1 unspecified atom stereocenters. The van der Waals surface area contributed by atoms with Crippen LogP contribution in [0.25, 0.3) is 0 Å². The summed E-state index contributed by atoms with van der Waals surface area (Å²) in [7, 11) is 0. The first-order valence-corrected chi connectivity index (χ1v) is 5.86. The maximum atomic E-state index is 11.2. The zero-order valence-electron chi connectivity index (χ0n) is 10.2. The number of amides is 1. The van der Waals surface area contributed by atoms with Crippen LogP contribution in [0.4, 0.5) is 5.69 Å². The molecule has 1 aromatic carbocycles. The lowest BCUT2D eigenvalue weighted by molar-refractivity contribution is -0.119. The number of anilines is 1. The van der Waals surface area contributed by atoms with Gasteiger partial charge >= 0.3 is 0 Å². The van der Waals surface area contributed by atoms with Crippen molar-refractivity contribution in [3.05, 3.63) is 41.6 Å². The van der Waals surface area contributed by atoms with E-state index in [0.717, 1.165) is 11.3 Å². The summed E-state index contributed by atoms with van der Waals surface area (Å²) < 4.78 is 0. The Labute approximate surface area is 111 Å². The van der Waals surface area contributed by atoms with Gasteiger partial charge in [-0.15, -0.1) is 0 Å². The van der Waals surface area contributed by atoms with Crippen LogP contribution in [0.2, 0.25) is 0 Å². The van der Waals surface area contributed by atoms with Crippen molar-refractivity contribution in [3.8, 4) is 12.1 Å². The molecule has 1 atom stereocenters. The molecule has 1 aliphatic heterocycles. The lowest BCUT2D eigenvalue weighted by Crippen LogP contribution is -2.13. The van der Waals surface area contributed by atoms with Gasteiger partial charge in [-0.3, -0.25) is 4.79 Å². The zero-order valence-corrected chi connectivity index (χ0v) is 10.2. The van der Waals surface area contributed by atoms with E-state index in [1.54, 1.807) is 12.1 Å². The number of hydrogen-bond donors (Lipinski definition) is 2. The second-order valence-corrected chi connectivity index (χ2v) is 4.26. The van der Waals surface area contributed by atoms with Gasteiger partial charge in [0.05, 0.1) is 0 Å². The van der Waals surface area contributed by atoms with Crippen molar-refractivity contribution in [2.75, 3.05) is 11.9 Å². The molecule has 1 heterocycles. The lowest BCUT2D eigenvalue weighted by Gasteiger charge is -2.09. The molecule has 1 saturated heterocycles. The van der Waals surface area contributed by atoms with Crippen LogP contribution < -0.4 is 10.6 Å². The fourth-order valence-electron chi connectivity index (χ4n) is 1.97. The van der Waals surface area contributed by atoms with Crippen LogP contribution in [-0.2, 0) is 4.79 Å². The van der Waals surface area contributed by atoms with E-state index in [1.165, 1.54) is 6.20 Å². The number of benzene rings is 1. The van der Waals surface area contributed by atoms with E-state index >= 15 is 0 Å². The van der Waals surface area contributed by atoms with Gasteiger partial charge in [-0.1, -0.05) is 12.1 Å². The Bertz CT molecular complexity index is 591. The summed E-state index contributed by atoms with van der Waals surface area (Å²) in [5, 5.41) is 23.0. The molecule has 0 aliphatic carbocycles. The van der Waals surface area contributed by atoms with E-state index in [2.05, 4.69) is 10.6 Å². The molecule has 1 fully saturated rings. The minimum absolute atomic E-state index is 0.0168. The van der Waals surface area contributed by atoms with Gasteiger partial charge < -0.3 is 10.6 Å². The number of hydrogen-bond acceptors (Lipinski definition) is 4. The number of carbonyl (C=O) groups is 1. The normalized spacial score (nSPS) is 16.9. The van der Waals surface area contributed by atoms with Gasteiger partial charge in [0.1, 0.15) is 17.7 Å². The van der Waals surface area contributed by atoms with Crippen LogP contribution >= 0.6 is 0 Å². The molecule has 1 amide bonds. The lowest BCUT2D eigenvalue weighted by atomic mass is 9.98. The van der Waals surface area contributed by atoms with E-state index in [-0.39, 0.29) is 17.4 Å². The Morgan fingerprint density at radius 2 is 2.21 bits per heavy atom. The molecule has 94 valence electrons. The summed E-state index contributed by atoms with van der Waals surface area (Å²) in [6.45, 7) is 0.653. The smallest absolute Gasteiger partial charge is 0.220 e. The highest BCUT2D eigenvalue weighted by atomic mass is 16.1. The van der Waals surface area contributed by atoms with Crippen molar-refractivity contribution in [2.24, 2.45) is 0 Å². The Kier molecular flexibility index (Phi) is 3.80. The van der Waals surface area contributed by atoms with Crippen LogP contribution in [0.3, 0.4) is 0 Å². The van der Waals surface area contributed by atoms with Crippen LogP contribution in [0.5, 0.6) is 0 Å². The minimum Gasteiger partial charge on any atom is -0.360 e. The van der Waals surface area contributed by atoms with Gasteiger partial charge in [-0.25, -0.2) is 0 Å². The number of allylic oxidation sites excluding steroid dienone is 1. The molecule has 0 spiro atoms. The third-order valence-corrected chi connectivity index (χ3v) is 2.96. The Morgan fingerprint density at radius 3 is 2.84 bits per heavy atom. The molecule has 2 rings (SSSR count). The summed E-state index contributed by atoms with van der Waals surface area (Å²) in [6.07, 6.45) is 1.87. The first-order chi connectivity index (χ1) is 9.22. The highest BCUT2D eigenvalue weighted by molar-refractivity contribution is 5.79. The maximum Gasteiger partial charge on any atom is 0.220 e. The van der Waals surface area contributed by atoms with Gasteiger partial charge in [0.15, 0.2) is 0 Å². The van der Waals surface area contributed by atoms with E-state index in [0.29, 0.717) is 13.0 Å². The van der Waals surface area contributed by atoms with Crippen LogP contribution in [-0.4, -0.2) is 12.5 Å². The van der Waals surface area contributed by atoms with Crippen molar-refractivity contribution in [2.45, 2.75) is 12.3 Å².